The van der Waals surface area contributed by atoms with E-state index in [4.69, 9.17) is 14.5 Å². The van der Waals surface area contributed by atoms with Crippen LogP contribution < -0.4 is 10.6 Å². The number of nitrogens with one attached hydrogen (secondary N) is 2. The largest absolute Gasteiger partial charge is 0.381 e. The molecule has 0 radical (unpaired) electrons. The van der Waals surface area contributed by atoms with Gasteiger partial charge in [0.1, 0.15) is 0 Å². The van der Waals surface area contributed by atoms with Crippen molar-refractivity contribution >= 4 is 17.7 Å². The molecule has 6 heteroatoms. The molecule has 140 valence electrons. The Labute approximate surface area is 151 Å². The quantitative estimate of drug-likeness (QED) is 0.338. The van der Waals surface area contributed by atoms with Crippen LogP contribution in [0, 0.1) is 5.92 Å². The molecule has 0 spiro atoms. The summed E-state index contributed by atoms with van der Waals surface area (Å²) in [5.41, 5.74) is 0. The van der Waals surface area contributed by atoms with Gasteiger partial charge < -0.3 is 20.1 Å². The van der Waals surface area contributed by atoms with Gasteiger partial charge in [-0.05, 0) is 50.7 Å². The third-order valence-electron chi connectivity index (χ3n) is 4.53. The molecule has 0 aromatic carbocycles. The van der Waals surface area contributed by atoms with E-state index in [0.717, 1.165) is 83.0 Å². The Hall–Kier alpha value is -0.460. The summed E-state index contributed by atoms with van der Waals surface area (Å²) in [7, 11) is 0. The second-order valence-corrected chi connectivity index (χ2v) is 8.45. The second kappa shape index (κ2) is 11.2. The van der Waals surface area contributed by atoms with Crippen LogP contribution in [-0.4, -0.2) is 62.5 Å². The van der Waals surface area contributed by atoms with Crippen molar-refractivity contribution in [2.75, 3.05) is 51.8 Å². The normalized spacial score (nSPS) is 20.8. The summed E-state index contributed by atoms with van der Waals surface area (Å²) >= 11 is 2.04. The Balaban J connectivity index is 1.71. The SMILES string of the molecule is CCNC(=NCC1(SCC)CCOCC1)NCCCOCC1CC1. The molecule has 1 saturated carbocycles. The van der Waals surface area contributed by atoms with Gasteiger partial charge in [-0.3, -0.25) is 4.99 Å². The highest BCUT2D eigenvalue weighted by molar-refractivity contribution is 8.00. The summed E-state index contributed by atoms with van der Waals surface area (Å²) < 4.78 is 11.5. The first-order chi connectivity index (χ1) is 11.8. The second-order valence-electron chi connectivity index (χ2n) is 6.72. The van der Waals surface area contributed by atoms with Crippen LogP contribution in [0.3, 0.4) is 0 Å². The molecule has 0 atom stereocenters. The molecule has 5 nitrogen and oxygen atoms in total. The molecule has 2 N–H and O–H groups in total. The van der Waals surface area contributed by atoms with E-state index in [1.165, 1.54) is 12.8 Å². The van der Waals surface area contributed by atoms with E-state index in [0.29, 0.717) is 0 Å². The first-order valence-corrected chi connectivity index (χ1v) is 10.6. The molecule has 0 aromatic rings. The number of aliphatic imine (C=N–C) groups is 1. The molecule has 0 aromatic heterocycles. The van der Waals surface area contributed by atoms with E-state index in [1.54, 1.807) is 0 Å². The first-order valence-electron chi connectivity index (χ1n) is 9.59. The van der Waals surface area contributed by atoms with Crippen molar-refractivity contribution in [1.29, 1.82) is 0 Å². The van der Waals surface area contributed by atoms with E-state index in [2.05, 4.69) is 24.5 Å². The van der Waals surface area contributed by atoms with Gasteiger partial charge in [0.15, 0.2) is 5.96 Å². The summed E-state index contributed by atoms with van der Waals surface area (Å²) in [5, 5.41) is 6.80. The van der Waals surface area contributed by atoms with Crippen LogP contribution in [0.15, 0.2) is 4.99 Å². The Bertz CT molecular complexity index is 364. The van der Waals surface area contributed by atoms with Gasteiger partial charge in [-0.2, -0.15) is 11.8 Å². The molecular weight excluding hydrogens is 322 g/mol. The summed E-state index contributed by atoms with van der Waals surface area (Å²) in [4.78, 5) is 4.86. The highest BCUT2D eigenvalue weighted by Crippen LogP contribution is 2.35. The fourth-order valence-corrected chi connectivity index (χ4v) is 4.10. The predicted octanol–water partition coefficient (Wildman–Crippen LogP) is 2.66. The maximum Gasteiger partial charge on any atom is 0.191 e. The number of nitrogens with zero attached hydrogens (tertiary/aromatic N) is 1. The van der Waals surface area contributed by atoms with Crippen molar-refractivity contribution in [2.24, 2.45) is 10.9 Å². The average Bonchev–Trinajstić information content (AvgIpc) is 3.41. The maximum absolute atomic E-state index is 5.68. The number of rotatable bonds is 11. The fraction of sp³-hybridized carbons (Fsp3) is 0.944. The zero-order valence-electron chi connectivity index (χ0n) is 15.4. The van der Waals surface area contributed by atoms with Gasteiger partial charge >= 0.3 is 0 Å². The number of guanidine groups is 1. The van der Waals surface area contributed by atoms with Gasteiger partial charge in [0.2, 0.25) is 0 Å². The molecule has 24 heavy (non-hydrogen) atoms. The molecule has 1 saturated heterocycles. The zero-order chi connectivity index (χ0) is 17.1. The molecule has 0 bridgehead atoms. The monoisotopic (exact) mass is 357 g/mol. The third-order valence-corrected chi connectivity index (χ3v) is 5.97. The summed E-state index contributed by atoms with van der Waals surface area (Å²) in [6.07, 6.45) is 5.95. The van der Waals surface area contributed by atoms with Crippen LogP contribution in [0.1, 0.15) is 46.0 Å². The molecule has 1 aliphatic heterocycles. The van der Waals surface area contributed by atoms with E-state index in [9.17, 15) is 0 Å². The number of hydrogen-bond donors (Lipinski definition) is 2. The Morgan fingerprint density at radius 3 is 2.71 bits per heavy atom. The number of ether oxygens (including phenoxy) is 2. The molecular formula is C18H35N3O2S. The lowest BCUT2D eigenvalue weighted by Crippen LogP contribution is -2.41. The van der Waals surface area contributed by atoms with Crippen molar-refractivity contribution in [3.63, 3.8) is 0 Å². The van der Waals surface area contributed by atoms with Crippen LogP contribution in [0.4, 0.5) is 0 Å². The van der Waals surface area contributed by atoms with Gasteiger partial charge in [0, 0.05) is 44.3 Å². The molecule has 0 unspecified atom stereocenters. The molecule has 2 rings (SSSR count). The van der Waals surface area contributed by atoms with Crippen LogP contribution in [0.5, 0.6) is 0 Å². The number of thioether (sulfide) groups is 1. The molecule has 2 fully saturated rings. The lowest BCUT2D eigenvalue weighted by Gasteiger charge is -2.35. The van der Waals surface area contributed by atoms with Crippen LogP contribution in [0.2, 0.25) is 0 Å². The fourth-order valence-electron chi connectivity index (χ4n) is 2.88. The van der Waals surface area contributed by atoms with Gasteiger partial charge in [-0.25, -0.2) is 0 Å². The average molecular weight is 358 g/mol. The Morgan fingerprint density at radius 2 is 2.04 bits per heavy atom. The summed E-state index contributed by atoms with van der Waals surface area (Å²) in [6, 6.07) is 0. The topological polar surface area (TPSA) is 54.9 Å². The molecule has 0 amide bonds. The molecule has 1 aliphatic carbocycles. The van der Waals surface area contributed by atoms with Crippen molar-refractivity contribution in [3.05, 3.63) is 0 Å². The van der Waals surface area contributed by atoms with Crippen molar-refractivity contribution in [2.45, 2.75) is 50.7 Å². The van der Waals surface area contributed by atoms with Crippen molar-refractivity contribution in [3.8, 4) is 0 Å². The van der Waals surface area contributed by atoms with Crippen LogP contribution >= 0.6 is 11.8 Å². The Kier molecular flexibility index (Phi) is 9.28. The van der Waals surface area contributed by atoms with Crippen LogP contribution in [-0.2, 0) is 9.47 Å². The van der Waals surface area contributed by atoms with E-state index < -0.39 is 0 Å². The highest BCUT2D eigenvalue weighted by Gasteiger charge is 2.32. The van der Waals surface area contributed by atoms with Gasteiger partial charge in [0.25, 0.3) is 0 Å². The molecule has 1 heterocycles. The number of hydrogen-bond acceptors (Lipinski definition) is 4. The van der Waals surface area contributed by atoms with E-state index in [1.807, 2.05) is 11.8 Å². The zero-order valence-corrected chi connectivity index (χ0v) is 16.3. The van der Waals surface area contributed by atoms with Crippen molar-refractivity contribution < 1.29 is 9.47 Å². The summed E-state index contributed by atoms with van der Waals surface area (Å²) in [5.74, 6) is 2.92. The first kappa shape index (κ1) is 19.9. The van der Waals surface area contributed by atoms with E-state index in [-0.39, 0.29) is 4.75 Å². The maximum atomic E-state index is 5.68. The van der Waals surface area contributed by atoms with Gasteiger partial charge in [-0.15, -0.1) is 0 Å². The van der Waals surface area contributed by atoms with E-state index >= 15 is 0 Å². The highest BCUT2D eigenvalue weighted by atomic mass is 32.2. The lowest BCUT2D eigenvalue weighted by atomic mass is 9.99. The smallest absolute Gasteiger partial charge is 0.191 e. The minimum Gasteiger partial charge on any atom is -0.381 e. The Morgan fingerprint density at radius 1 is 1.25 bits per heavy atom. The minimum atomic E-state index is 0.253. The van der Waals surface area contributed by atoms with Gasteiger partial charge in [0.05, 0.1) is 6.54 Å². The van der Waals surface area contributed by atoms with Gasteiger partial charge in [-0.1, -0.05) is 6.92 Å². The third kappa shape index (κ3) is 7.62. The molecule has 2 aliphatic rings. The standard InChI is InChI=1S/C18H35N3O2S/c1-3-19-17(20-10-5-11-23-14-16-6-7-16)21-15-18(24-4-2)8-12-22-13-9-18/h16H,3-15H2,1-2H3,(H2,19,20,21). The van der Waals surface area contributed by atoms with Crippen molar-refractivity contribution in [1.82, 2.24) is 10.6 Å². The summed E-state index contributed by atoms with van der Waals surface area (Å²) in [6.45, 7) is 10.5. The van der Waals surface area contributed by atoms with Crippen LogP contribution in [0.25, 0.3) is 0 Å². The minimum absolute atomic E-state index is 0.253. The lowest BCUT2D eigenvalue weighted by molar-refractivity contribution is 0.0793. The predicted molar refractivity (Wildman–Crippen MR) is 103 cm³/mol.